The maximum absolute atomic E-state index is 12.6. The zero-order chi connectivity index (χ0) is 19.5. The molecule has 1 unspecified atom stereocenters. The second kappa shape index (κ2) is 8.01. The minimum absolute atomic E-state index is 0.0577. The van der Waals surface area contributed by atoms with Gasteiger partial charge in [-0.3, -0.25) is 9.59 Å². The number of carbonyl (C=O) groups excluding carboxylic acids is 2. The molecule has 0 bridgehead atoms. The largest absolute Gasteiger partial charge is 0.468 e. The summed E-state index contributed by atoms with van der Waals surface area (Å²) >= 11 is 1.71. The molecule has 0 spiro atoms. The van der Waals surface area contributed by atoms with E-state index in [1.165, 1.54) is 25.0 Å². The molecule has 0 radical (unpaired) electrons. The molecule has 1 aliphatic rings. The highest BCUT2D eigenvalue weighted by molar-refractivity contribution is 8.00. The van der Waals surface area contributed by atoms with Gasteiger partial charge in [0.1, 0.15) is 0 Å². The van der Waals surface area contributed by atoms with Crippen molar-refractivity contribution >= 4 is 31.8 Å². The molecule has 1 aliphatic carbocycles. The van der Waals surface area contributed by atoms with Crippen molar-refractivity contribution in [2.24, 2.45) is 5.41 Å². The highest BCUT2D eigenvalue weighted by Crippen LogP contribution is 2.51. The number of rotatable bonds is 5. The predicted molar refractivity (Wildman–Crippen MR) is 108 cm³/mol. The van der Waals surface area contributed by atoms with Gasteiger partial charge < -0.3 is 9.47 Å². The molecule has 0 saturated heterocycles. The molecule has 0 aliphatic heterocycles. The number of esters is 2. The number of carbonyl (C=O) groups is 2. The van der Waals surface area contributed by atoms with Crippen molar-refractivity contribution in [2.45, 2.75) is 49.6 Å². The number of methoxy groups -OCH3 is 2. The van der Waals surface area contributed by atoms with Crippen LogP contribution in [0.3, 0.4) is 0 Å². The third-order valence-electron chi connectivity index (χ3n) is 5.20. The van der Waals surface area contributed by atoms with Crippen molar-refractivity contribution in [3.63, 3.8) is 0 Å². The molecule has 6 heteroatoms. The lowest BCUT2D eigenvalue weighted by molar-refractivity contribution is -0.168. The van der Waals surface area contributed by atoms with E-state index in [2.05, 4.69) is 38.7 Å². The van der Waals surface area contributed by atoms with Crippen LogP contribution < -0.4 is 0 Å². The molecule has 2 rings (SSSR count). The Bertz CT molecular complexity index is 690. The molecule has 26 heavy (non-hydrogen) atoms. The highest BCUT2D eigenvalue weighted by Gasteiger charge is 2.56. The minimum Gasteiger partial charge on any atom is -0.468 e. The summed E-state index contributed by atoms with van der Waals surface area (Å²) in [7, 11) is 1.09. The van der Waals surface area contributed by atoms with Gasteiger partial charge in [0, 0.05) is 10.1 Å². The van der Waals surface area contributed by atoms with Gasteiger partial charge in [-0.2, -0.15) is 0 Å². The van der Waals surface area contributed by atoms with Gasteiger partial charge in [0.15, 0.2) is 5.41 Å². The van der Waals surface area contributed by atoms with Crippen molar-refractivity contribution in [3.05, 3.63) is 41.1 Å². The Morgan fingerprint density at radius 3 is 2.08 bits per heavy atom. The third-order valence-corrected chi connectivity index (χ3v) is 9.05. The zero-order valence-corrected chi connectivity index (χ0v) is 18.2. The Kier molecular flexibility index (Phi) is 6.40. The maximum Gasteiger partial charge on any atom is 0.323 e. The Balaban J connectivity index is 2.52. The second-order valence-corrected chi connectivity index (χ2v) is 14.3. The summed E-state index contributed by atoms with van der Waals surface area (Å²) in [6.07, 6.45) is 0.788. The van der Waals surface area contributed by atoms with Crippen molar-refractivity contribution < 1.29 is 19.1 Å². The number of ether oxygens (including phenoxy) is 2. The lowest BCUT2D eigenvalue weighted by atomic mass is 9.86. The van der Waals surface area contributed by atoms with Crippen LogP contribution in [0.15, 0.2) is 46.0 Å². The first kappa shape index (κ1) is 20.8. The Hall–Kier alpha value is -1.53. The van der Waals surface area contributed by atoms with E-state index in [4.69, 9.17) is 9.47 Å². The topological polar surface area (TPSA) is 52.6 Å². The van der Waals surface area contributed by atoms with E-state index in [1.807, 2.05) is 18.2 Å². The van der Waals surface area contributed by atoms with Crippen LogP contribution >= 0.6 is 11.8 Å². The first-order valence-electron chi connectivity index (χ1n) is 8.74. The summed E-state index contributed by atoms with van der Waals surface area (Å²) in [4.78, 5) is 26.3. The number of hydrogen-bond donors (Lipinski definition) is 0. The van der Waals surface area contributed by atoms with Gasteiger partial charge in [-0.25, -0.2) is 0 Å². The fourth-order valence-electron chi connectivity index (χ4n) is 3.37. The van der Waals surface area contributed by atoms with Gasteiger partial charge in [-0.15, -0.1) is 11.8 Å². The molecule has 1 fully saturated rings. The fraction of sp³-hybridized carbons (Fsp3) is 0.500. The molecule has 142 valence electrons. The van der Waals surface area contributed by atoms with Crippen LogP contribution in [-0.2, 0) is 19.1 Å². The first-order chi connectivity index (χ1) is 12.2. The molecule has 0 amide bonds. The molecule has 0 aromatic heterocycles. The summed E-state index contributed by atoms with van der Waals surface area (Å²) in [6, 6.07) is 10.1. The standard InChI is InChI=1S/C20H28O4SSi/c1-14(26(4,5)6)16-12-20(18(21)23-2,19(22)24-3)13-17(16)25-15-10-8-7-9-11-15/h7-11,17H,12-13H2,1-6H3/b16-14+. The smallest absolute Gasteiger partial charge is 0.323 e. The van der Waals surface area contributed by atoms with Crippen LogP contribution in [0.1, 0.15) is 19.8 Å². The van der Waals surface area contributed by atoms with Crippen molar-refractivity contribution in [3.8, 4) is 0 Å². The minimum atomic E-state index is -1.58. The van der Waals surface area contributed by atoms with E-state index in [1.54, 1.807) is 11.8 Å². The maximum atomic E-state index is 12.6. The second-order valence-electron chi connectivity index (χ2n) is 7.77. The van der Waals surface area contributed by atoms with E-state index >= 15 is 0 Å². The van der Waals surface area contributed by atoms with E-state index in [-0.39, 0.29) is 5.25 Å². The fourth-order valence-corrected chi connectivity index (χ4v) is 6.11. The van der Waals surface area contributed by atoms with Gasteiger partial charge in [0.2, 0.25) is 0 Å². The summed E-state index contributed by atoms with van der Waals surface area (Å²) in [5.41, 5.74) is -0.0412. The zero-order valence-electron chi connectivity index (χ0n) is 16.4. The molecule has 1 atom stereocenters. The Labute approximate surface area is 161 Å². The summed E-state index contributed by atoms with van der Waals surface area (Å²) < 4.78 is 10.0. The number of thioether (sulfide) groups is 1. The third kappa shape index (κ3) is 4.07. The molecule has 4 nitrogen and oxygen atoms in total. The lowest BCUT2D eigenvalue weighted by Gasteiger charge is -2.24. The molecule has 0 N–H and O–H groups in total. The molecule has 1 saturated carbocycles. The first-order valence-corrected chi connectivity index (χ1v) is 13.1. The van der Waals surface area contributed by atoms with Crippen LogP contribution in [0.4, 0.5) is 0 Å². The average molecular weight is 393 g/mol. The Morgan fingerprint density at radius 1 is 1.08 bits per heavy atom. The highest BCUT2D eigenvalue weighted by atomic mass is 32.2. The van der Waals surface area contributed by atoms with Crippen molar-refractivity contribution in [2.75, 3.05) is 14.2 Å². The number of hydrogen-bond acceptors (Lipinski definition) is 5. The van der Waals surface area contributed by atoms with Gasteiger partial charge in [-0.05, 0) is 31.9 Å². The van der Waals surface area contributed by atoms with Crippen LogP contribution in [0.2, 0.25) is 19.6 Å². The molecular weight excluding hydrogens is 364 g/mol. The normalized spacial score (nSPS) is 21.2. The molecular formula is C20H28O4SSi. The van der Waals surface area contributed by atoms with Crippen LogP contribution in [-0.4, -0.2) is 39.5 Å². The van der Waals surface area contributed by atoms with Crippen molar-refractivity contribution in [1.82, 2.24) is 0 Å². The molecule has 1 aromatic carbocycles. The quantitative estimate of drug-likeness (QED) is 0.420. The summed E-state index contributed by atoms with van der Waals surface area (Å²) in [6.45, 7) is 9.02. The van der Waals surface area contributed by atoms with Gasteiger partial charge in [0.25, 0.3) is 0 Å². The van der Waals surface area contributed by atoms with Crippen LogP contribution in [0.5, 0.6) is 0 Å². The number of allylic oxidation sites excluding steroid dienone is 1. The molecule has 1 aromatic rings. The lowest BCUT2D eigenvalue weighted by Crippen LogP contribution is -2.39. The van der Waals surface area contributed by atoms with E-state index in [9.17, 15) is 9.59 Å². The van der Waals surface area contributed by atoms with Crippen LogP contribution in [0.25, 0.3) is 0 Å². The monoisotopic (exact) mass is 392 g/mol. The van der Waals surface area contributed by atoms with Crippen LogP contribution in [0, 0.1) is 5.41 Å². The molecule has 0 heterocycles. The Morgan fingerprint density at radius 2 is 1.62 bits per heavy atom. The average Bonchev–Trinajstić information content (AvgIpc) is 3.00. The van der Waals surface area contributed by atoms with Gasteiger partial charge in [0.05, 0.1) is 22.3 Å². The SMILES string of the molecule is COC(=O)C1(C(=O)OC)C/C(=C(/C)[Si](C)(C)C)C(Sc2ccccc2)C1. The van der Waals surface area contributed by atoms with E-state index in [0.29, 0.717) is 12.8 Å². The number of benzene rings is 1. The predicted octanol–water partition coefficient (Wildman–Crippen LogP) is 4.47. The van der Waals surface area contributed by atoms with E-state index < -0.39 is 25.4 Å². The van der Waals surface area contributed by atoms with Crippen molar-refractivity contribution in [1.29, 1.82) is 0 Å². The van der Waals surface area contributed by atoms with E-state index in [0.717, 1.165) is 4.90 Å². The van der Waals surface area contributed by atoms with Gasteiger partial charge >= 0.3 is 11.9 Å². The summed E-state index contributed by atoms with van der Waals surface area (Å²) in [5.74, 6) is -0.997. The summed E-state index contributed by atoms with van der Waals surface area (Å²) in [5, 5.41) is 1.41. The van der Waals surface area contributed by atoms with Gasteiger partial charge in [-0.1, -0.05) is 48.6 Å².